The monoisotopic (exact) mass is 232 g/mol. The van der Waals surface area contributed by atoms with Crippen LogP contribution in [0.1, 0.15) is 20.8 Å². The average molecular weight is 232 g/mol. The lowest BCUT2D eigenvalue weighted by Crippen LogP contribution is -2.44. The van der Waals surface area contributed by atoms with Gasteiger partial charge in [0.05, 0.1) is 19.3 Å². The predicted molar refractivity (Wildman–Crippen MR) is 59.1 cm³/mol. The van der Waals surface area contributed by atoms with Gasteiger partial charge >= 0.3 is 12.0 Å². The Hall–Kier alpha value is -1.30. The first-order valence-corrected chi connectivity index (χ1v) is 5.37. The van der Waals surface area contributed by atoms with Crippen LogP contribution < -0.4 is 10.6 Å². The fourth-order valence-electron chi connectivity index (χ4n) is 0.976. The van der Waals surface area contributed by atoms with Crippen molar-refractivity contribution in [1.29, 1.82) is 0 Å². The summed E-state index contributed by atoms with van der Waals surface area (Å²) in [7, 11) is 0. The quantitative estimate of drug-likeness (QED) is 0.618. The second-order valence-corrected chi connectivity index (χ2v) is 3.19. The van der Waals surface area contributed by atoms with Gasteiger partial charge in [-0.15, -0.1) is 0 Å². The summed E-state index contributed by atoms with van der Waals surface area (Å²) < 4.78 is 9.78. The highest BCUT2D eigenvalue weighted by molar-refractivity contribution is 5.80. The Morgan fingerprint density at radius 3 is 2.50 bits per heavy atom. The number of nitrogens with one attached hydrogen (secondary N) is 2. The number of hydrogen-bond acceptors (Lipinski definition) is 4. The van der Waals surface area contributed by atoms with Crippen molar-refractivity contribution >= 4 is 12.0 Å². The van der Waals surface area contributed by atoms with Gasteiger partial charge in [-0.25, -0.2) is 4.79 Å². The molecule has 6 heteroatoms. The van der Waals surface area contributed by atoms with Gasteiger partial charge in [-0.05, 0) is 20.8 Å². The van der Waals surface area contributed by atoms with E-state index in [1.807, 2.05) is 13.8 Å². The Morgan fingerprint density at radius 1 is 1.25 bits per heavy atom. The van der Waals surface area contributed by atoms with Gasteiger partial charge in [0.25, 0.3) is 0 Å². The lowest BCUT2D eigenvalue weighted by Gasteiger charge is -2.13. The highest BCUT2D eigenvalue weighted by Gasteiger charge is 2.08. The van der Waals surface area contributed by atoms with Gasteiger partial charge in [0.15, 0.2) is 0 Å². The molecule has 0 spiro atoms. The molecule has 0 fully saturated rings. The first-order chi connectivity index (χ1) is 7.60. The van der Waals surface area contributed by atoms with Crippen molar-refractivity contribution in [3.8, 4) is 0 Å². The molecular weight excluding hydrogens is 212 g/mol. The number of urea groups is 1. The van der Waals surface area contributed by atoms with Crippen LogP contribution in [-0.4, -0.2) is 44.4 Å². The normalized spacial score (nSPS) is 11.7. The van der Waals surface area contributed by atoms with Crippen molar-refractivity contribution in [3.05, 3.63) is 0 Å². The summed E-state index contributed by atoms with van der Waals surface area (Å²) in [5.74, 6) is -0.449. The van der Waals surface area contributed by atoms with E-state index in [-0.39, 0.29) is 12.6 Å². The summed E-state index contributed by atoms with van der Waals surface area (Å²) in [5.41, 5.74) is 0. The van der Waals surface area contributed by atoms with Crippen LogP contribution in [0.4, 0.5) is 4.79 Å². The maximum atomic E-state index is 11.2. The minimum absolute atomic E-state index is 0.0952. The molecule has 1 unspecified atom stereocenters. The fraction of sp³-hybridized carbons (Fsp3) is 0.800. The molecule has 0 aromatic heterocycles. The molecule has 1 atom stereocenters. The van der Waals surface area contributed by atoms with Crippen LogP contribution in [0.3, 0.4) is 0 Å². The lowest BCUT2D eigenvalue weighted by atomic mass is 10.4. The molecule has 0 saturated carbocycles. The van der Waals surface area contributed by atoms with E-state index in [0.717, 1.165) is 0 Å². The van der Waals surface area contributed by atoms with E-state index in [2.05, 4.69) is 15.4 Å². The molecule has 0 aliphatic heterocycles. The second-order valence-electron chi connectivity index (χ2n) is 3.19. The van der Waals surface area contributed by atoms with E-state index in [1.54, 1.807) is 6.92 Å². The summed E-state index contributed by atoms with van der Waals surface area (Å²) in [6.07, 6.45) is 0. The summed E-state index contributed by atoms with van der Waals surface area (Å²) in [6, 6.07) is -0.498. The van der Waals surface area contributed by atoms with Crippen molar-refractivity contribution in [2.24, 2.45) is 0 Å². The summed E-state index contributed by atoms with van der Waals surface area (Å²) >= 11 is 0. The maximum Gasteiger partial charge on any atom is 0.325 e. The van der Waals surface area contributed by atoms with Crippen molar-refractivity contribution in [1.82, 2.24) is 10.6 Å². The van der Waals surface area contributed by atoms with Gasteiger partial charge < -0.3 is 20.1 Å². The molecule has 0 saturated heterocycles. The van der Waals surface area contributed by atoms with E-state index in [0.29, 0.717) is 19.8 Å². The highest BCUT2D eigenvalue weighted by Crippen LogP contribution is 1.84. The van der Waals surface area contributed by atoms with E-state index >= 15 is 0 Å². The van der Waals surface area contributed by atoms with Crippen LogP contribution in [0.5, 0.6) is 0 Å². The van der Waals surface area contributed by atoms with E-state index in [4.69, 9.17) is 4.74 Å². The van der Waals surface area contributed by atoms with Crippen LogP contribution in [0.15, 0.2) is 0 Å². The third-order valence-corrected chi connectivity index (χ3v) is 1.65. The summed E-state index contributed by atoms with van der Waals surface area (Å²) in [4.78, 5) is 22.2. The Kier molecular flexibility index (Phi) is 8.24. The molecule has 2 N–H and O–H groups in total. The van der Waals surface area contributed by atoms with Gasteiger partial charge in [0.1, 0.15) is 6.54 Å². The third-order valence-electron chi connectivity index (χ3n) is 1.65. The number of carbonyl (C=O) groups excluding carboxylic acids is 2. The maximum absolute atomic E-state index is 11.2. The minimum Gasteiger partial charge on any atom is -0.465 e. The Labute approximate surface area is 95.7 Å². The predicted octanol–water partition coefficient (Wildman–Crippen LogP) is 0.274. The van der Waals surface area contributed by atoms with Gasteiger partial charge in [-0.2, -0.15) is 0 Å². The molecule has 0 radical (unpaired) electrons. The fourth-order valence-corrected chi connectivity index (χ4v) is 0.976. The first kappa shape index (κ1) is 14.7. The molecule has 0 aromatic carbocycles. The van der Waals surface area contributed by atoms with Crippen molar-refractivity contribution < 1.29 is 19.1 Å². The zero-order valence-corrected chi connectivity index (χ0v) is 10.0. The van der Waals surface area contributed by atoms with E-state index < -0.39 is 12.0 Å². The smallest absolute Gasteiger partial charge is 0.325 e. The number of rotatable bonds is 7. The molecule has 0 aromatic rings. The molecule has 16 heavy (non-hydrogen) atoms. The van der Waals surface area contributed by atoms with Crippen LogP contribution in [0, 0.1) is 0 Å². The molecular formula is C10H20N2O4. The van der Waals surface area contributed by atoms with Crippen LogP contribution >= 0.6 is 0 Å². The third kappa shape index (κ3) is 8.05. The number of esters is 1. The zero-order chi connectivity index (χ0) is 12.4. The molecule has 0 bridgehead atoms. The molecule has 0 heterocycles. The number of hydrogen-bond donors (Lipinski definition) is 2. The standard InChI is InChI=1S/C10H20N2O4/c1-4-15-7-8(3)12-10(14)11-6-9(13)16-5-2/h8H,4-7H2,1-3H3,(H2,11,12,14). The molecule has 0 aliphatic rings. The molecule has 0 rings (SSSR count). The first-order valence-electron chi connectivity index (χ1n) is 5.37. The SMILES string of the molecule is CCOCC(C)NC(=O)NCC(=O)OCC. The number of amides is 2. The Balaban J connectivity index is 3.61. The van der Waals surface area contributed by atoms with Gasteiger partial charge in [0.2, 0.25) is 0 Å². The van der Waals surface area contributed by atoms with Crippen LogP contribution in [-0.2, 0) is 14.3 Å². The van der Waals surface area contributed by atoms with E-state index in [9.17, 15) is 9.59 Å². The van der Waals surface area contributed by atoms with Crippen LogP contribution in [0.25, 0.3) is 0 Å². The Bertz CT molecular complexity index is 221. The molecule has 2 amide bonds. The van der Waals surface area contributed by atoms with Gasteiger partial charge in [-0.1, -0.05) is 0 Å². The average Bonchev–Trinajstić information content (AvgIpc) is 2.24. The zero-order valence-electron chi connectivity index (χ0n) is 10.0. The van der Waals surface area contributed by atoms with Gasteiger partial charge in [0, 0.05) is 6.61 Å². The highest BCUT2D eigenvalue weighted by atomic mass is 16.5. The lowest BCUT2D eigenvalue weighted by molar-refractivity contribution is -0.141. The van der Waals surface area contributed by atoms with Crippen molar-refractivity contribution in [2.75, 3.05) is 26.4 Å². The number of ether oxygens (including phenoxy) is 2. The van der Waals surface area contributed by atoms with Crippen LogP contribution in [0.2, 0.25) is 0 Å². The number of carbonyl (C=O) groups is 2. The Morgan fingerprint density at radius 2 is 1.94 bits per heavy atom. The van der Waals surface area contributed by atoms with Crippen molar-refractivity contribution in [2.45, 2.75) is 26.8 Å². The molecule has 94 valence electrons. The summed E-state index contributed by atoms with van der Waals surface area (Å²) in [6.45, 7) is 6.65. The minimum atomic E-state index is -0.449. The largest absolute Gasteiger partial charge is 0.465 e. The van der Waals surface area contributed by atoms with Gasteiger partial charge in [-0.3, -0.25) is 4.79 Å². The van der Waals surface area contributed by atoms with E-state index in [1.165, 1.54) is 0 Å². The topological polar surface area (TPSA) is 76.7 Å². The molecule has 6 nitrogen and oxygen atoms in total. The van der Waals surface area contributed by atoms with Crippen molar-refractivity contribution in [3.63, 3.8) is 0 Å². The molecule has 0 aliphatic carbocycles. The summed E-state index contributed by atoms with van der Waals surface area (Å²) in [5, 5.41) is 5.02. The second kappa shape index (κ2) is 8.96.